The lowest BCUT2D eigenvalue weighted by Gasteiger charge is -2.28. The van der Waals surface area contributed by atoms with Crippen LogP contribution in [0, 0.1) is 0 Å². The van der Waals surface area contributed by atoms with E-state index in [1.165, 1.54) is 92.2 Å². The Kier molecular flexibility index (Phi) is 7.79. The summed E-state index contributed by atoms with van der Waals surface area (Å²) in [6, 6.07) is 76.0. The van der Waals surface area contributed by atoms with Gasteiger partial charge in [-0.05, 0) is 99.6 Å². The second-order valence-corrected chi connectivity index (χ2v) is 17.5. The number of hydrogen-bond donors (Lipinski definition) is 0. The first-order valence-electron chi connectivity index (χ1n) is 20.8. The Labute approximate surface area is 353 Å². The summed E-state index contributed by atoms with van der Waals surface area (Å²) in [5.41, 5.74) is 17.1. The summed E-state index contributed by atoms with van der Waals surface area (Å²) in [6.07, 6.45) is 0. The molecule has 0 aliphatic heterocycles. The molecule has 60 heavy (non-hydrogen) atoms. The highest BCUT2D eigenvalue weighted by Crippen LogP contribution is 2.51. The molecule has 0 saturated heterocycles. The van der Waals surface area contributed by atoms with Crippen LogP contribution in [0.1, 0.15) is 25.0 Å². The minimum absolute atomic E-state index is 0.110. The lowest BCUT2D eigenvalue weighted by atomic mass is 9.82. The third-order valence-corrected chi connectivity index (χ3v) is 14.0. The maximum absolute atomic E-state index is 2.42. The largest absolute Gasteiger partial charge is 0.310 e. The zero-order chi connectivity index (χ0) is 40.0. The monoisotopic (exact) mass is 784 g/mol. The quantitative estimate of drug-likeness (QED) is 0.163. The Morgan fingerprint density at radius 2 is 0.917 bits per heavy atom. The van der Waals surface area contributed by atoms with Crippen molar-refractivity contribution < 1.29 is 0 Å². The van der Waals surface area contributed by atoms with Gasteiger partial charge in [0.25, 0.3) is 0 Å². The molecule has 9 aromatic carbocycles. The van der Waals surface area contributed by atoms with Gasteiger partial charge in [-0.25, -0.2) is 0 Å². The average Bonchev–Trinajstić information content (AvgIpc) is 3.93. The highest BCUT2D eigenvalue weighted by molar-refractivity contribution is 7.26. The molecular formula is C57H40N2S. The van der Waals surface area contributed by atoms with Gasteiger partial charge >= 0.3 is 0 Å². The molecular weight excluding hydrogens is 745 g/mol. The SMILES string of the molecule is CC1(C)c2ccccc2-c2ccc(N(c3ccc(-c4ccccc4-n4c5ccccc5c5ccccc54)cc3)c3ccc(-c4cccc5c4sc4ccccc45)cc3)cc21. The molecule has 0 spiro atoms. The molecule has 0 bridgehead atoms. The minimum Gasteiger partial charge on any atom is -0.310 e. The molecule has 2 aromatic heterocycles. The number of aromatic nitrogens is 1. The minimum atomic E-state index is -0.110. The van der Waals surface area contributed by atoms with Gasteiger partial charge in [0.1, 0.15) is 0 Å². The first kappa shape index (κ1) is 34.8. The van der Waals surface area contributed by atoms with E-state index in [9.17, 15) is 0 Å². The van der Waals surface area contributed by atoms with Gasteiger partial charge in [0.15, 0.2) is 0 Å². The zero-order valence-electron chi connectivity index (χ0n) is 33.4. The van der Waals surface area contributed by atoms with E-state index < -0.39 is 0 Å². The first-order valence-corrected chi connectivity index (χ1v) is 21.6. The van der Waals surface area contributed by atoms with E-state index in [0.717, 1.165) is 17.1 Å². The van der Waals surface area contributed by atoms with Crippen molar-refractivity contribution in [3.05, 3.63) is 217 Å². The predicted octanol–water partition coefficient (Wildman–Crippen LogP) is 16.3. The van der Waals surface area contributed by atoms with E-state index in [1.54, 1.807) is 0 Å². The van der Waals surface area contributed by atoms with Gasteiger partial charge < -0.3 is 9.47 Å². The smallest absolute Gasteiger partial charge is 0.0541 e. The molecule has 1 aliphatic carbocycles. The Hall–Kier alpha value is -7.20. The lowest BCUT2D eigenvalue weighted by molar-refractivity contribution is 0.660. The Balaban J connectivity index is 0.984. The van der Waals surface area contributed by atoms with Gasteiger partial charge in [-0.15, -0.1) is 11.3 Å². The second kappa shape index (κ2) is 13.4. The van der Waals surface area contributed by atoms with Gasteiger partial charge in [-0.3, -0.25) is 0 Å². The molecule has 0 atom stereocenters. The van der Waals surface area contributed by atoms with E-state index in [-0.39, 0.29) is 5.41 Å². The first-order chi connectivity index (χ1) is 29.5. The van der Waals surface area contributed by atoms with E-state index >= 15 is 0 Å². The van der Waals surface area contributed by atoms with Crippen molar-refractivity contribution in [3.63, 3.8) is 0 Å². The van der Waals surface area contributed by atoms with Crippen LogP contribution in [0.3, 0.4) is 0 Å². The molecule has 284 valence electrons. The number of hydrogen-bond acceptors (Lipinski definition) is 2. The Morgan fingerprint density at radius 1 is 0.400 bits per heavy atom. The Bertz CT molecular complexity index is 3400. The third-order valence-electron chi connectivity index (χ3n) is 12.8. The van der Waals surface area contributed by atoms with Crippen molar-refractivity contribution >= 4 is 70.4 Å². The van der Waals surface area contributed by atoms with E-state index in [2.05, 4.69) is 230 Å². The van der Waals surface area contributed by atoms with Gasteiger partial charge in [-0.1, -0.05) is 159 Å². The van der Waals surface area contributed by atoms with E-state index in [0.29, 0.717) is 0 Å². The van der Waals surface area contributed by atoms with Crippen LogP contribution in [0.4, 0.5) is 17.1 Å². The molecule has 2 heterocycles. The standard InChI is InChI=1S/C57H40N2S/c1-57(2)50-21-8-3-15-44(50)45-35-34-41(36-51(45)57)58(40-32-28-38(29-33-40)43-19-13-20-49-48-18-7-12-25-55(48)60-56(43)49)39-30-26-37(27-31-39)42-14-4-9-22-52(42)59-53-23-10-5-16-46(53)47-17-6-11-24-54(47)59/h3-36H,1-2H3. The summed E-state index contributed by atoms with van der Waals surface area (Å²) in [7, 11) is 0. The second-order valence-electron chi connectivity index (χ2n) is 16.5. The van der Waals surface area contributed by atoms with Crippen molar-refractivity contribution in [2.45, 2.75) is 19.3 Å². The molecule has 0 N–H and O–H groups in total. The fourth-order valence-electron chi connectivity index (χ4n) is 9.93. The van der Waals surface area contributed by atoms with Gasteiger partial charge in [0.05, 0.1) is 16.7 Å². The van der Waals surface area contributed by atoms with Crippen LogP contribution < -0.4 is 4.90 Å². The summed E-state index contributed by atoms with van der Waals surface area (Å²) in [5.74, 6) is 0. The average molecular weight is 785 g/mol. The topological polar surface area (TPSA) is 8.17 Å². The fourth-order valence-corrected chi connectivity index (χ4v) is 11.2. The van der Waals surface area contributed by atoms with Crippen LogP contribution in [-0.2, 0) is 5.41 Å². The molecule has 0 amide bonds. The summed E-state index contributed by atoms with van der Waals surface area (Å²) in [4.78, 5) is 2.42. The number of rotatable bonds is 6. The fraction of sp³-hybridized carbons (Fsp3) is 0.0526. The maximum atomic E-state index is 2.42. The number of para-hydroxylation sites is 3. The number of fused-ring (bicyclic) bond motifs is 9. The normalized spacial score (nSPS) is 13.0. The van der Waals surface area contributed by atoms with Crippen molar-refractivity contribution in [1.82, 2.24) is 4.57 Å². The van der Waals surface area contributed by atoms with E-state index in [1.807, 2.05) is 11.3 Å². The van der Waals surface area contributed by atoms with Crippen molar-refractivity contribution in [3.8, 4) is 39.1 Å². The summed E-state index contributed by atoms with van der Waals surface area (Å²) < 4.78 is 5.08. The highest BCUT2D eigenvalue weighted by Gasteiger charge is 2.35. The summed E-state index contributed by atoms with van der Waals surface area (Å²) in [5, 5.41) is 5.17. The predicted molar refractivity (Wildman–Crippen MR) is 257 cm³/mol. The van der Waals surface area contributed by atoms with Crippen LogP contribution in [0.25, 0.3) is 81.0 Å². The number of anilines is 3. The van der Waals surface area contributed by atoms with Crippen LogP contribution in [0.5, 0.6) is 0 Å². The third kappa shape index (κ3) is 5.26. The van der Waals surface area contributed by atoms with Gasteiger partial charge in [-0.2, -0.15) is 0 Å². The number of benzene rings is 9. The van der Waals surface area contributed by atoms with Crippen LogP contribution in [0.2, 0.25) is 0 Å². The zero-order valence-corrected chi connectivity index (χ0v) is 34.2. The van der Waals surface area contributed by atoms with Crippen LogP contribution in [-0.4, -0.2) is 4.57 Å². The van der Waals surface area contributed by atoms with Crippen LogP contribution >= 0.6 is 11.3 Å². The molecule has 11 aromatic rings. The summed E-state index contributed by atoms with van der Waals surface area (Å²) in [6.45, 7) is 4.72. The van der Waals surface area contributed by atoms with Gasteiger partial charge in [0.2, 0.25) is 0 Å². The lowest BCUT2D eigenvalue weighted by Crippen LogP contribution is -2.16. The van der Waals surface area contributed by atoms with Crippen molar-refractivity contribution in [2.75, 3.05) is 4.90 Å². The molecule has 0 radical (unpaired) electrons. The Morgan fingerprint density at radius 3 is 1.63 bits per heavy atom. The molecule has 0 saturated carbocycles. The number of thiophene rings is 1. The van der Waals surface area contributed by atoms with Crippen molar-refractivity contribution in [2.24, 2.45) is 0 Å². The van der Waals surface area contributed by atoms with Crippen molar-refractivity contribution in [1.29, 1.82) is 0 Å². The number of nitrogens with zero attached hydrogens (tertiary/aromatic N) is 2. The highest BCUT2D eigenvalue weighted by atomic mass is 32.1. The molecule has 3 heteroatoms. The molecule has 2 nitrogen and oxygen atoms in total. The van der Waals surface area contributed by atoms with Gasteiger partial charge in [0, 0.05) is 59.0 Å². The molecule has 0 fully saturated rings. The summed E-state index contributed by atoms with van der Waals surface area (Å²) >= 11 is 1.88. The molecule has 1 aliphatic rings. The molecule has 0 unspecified atom stereocenters. The van der Waals surface area contributed by atoms with Crippen LogP contribution in [0.15, 0.2) is 206 Å². The van der Waals surface area contributed by atoms with E-state index in [4.69, 9.17) is 0 Å². The molecule has 12 rings (SSSR count). The maximum Gasteiger partial charge on any atom is 0.0541 e.